The van der Waals surface area contributed by atoms with Crippen molar-refractivity contribution in [1.29, 1.82) is 0 Å². The van der Waals surface area contributed by atoms with Crippen LogP contribution in [0.15, 0.2) is 72.3 Å². The Bertz CT molecular complexity index is 681. The van der Waals surface area contributed by atoms with E-state index in [9.17, 15) is 15.3 Å². The zero-order valence-electron chi connectivity index (χ0n) is 12.9. The zero-order chi connectivity index (χ0) is 16.4. The van der Waals surface area contributed by atoms with Gasteiger partial charge in [0.15, 0.2) is 0 Å². The molecular weight excluding hydrogens is 288 g/mol. The SMILES string of the molecule is CC1C=C(C(c2ccc(O)cc2)c2ccc(O)cc2)C=CC1O. The highest BCUT2D eigenvalue weighted by atomic mass is 16.3. The molecule has 0 bridgehead atoms. The third kappa shape index (κ3) is 3.30. The lowest BCUT2D eigenvalue weighted by Gasteiger charge is -2.25. The fourth-order valence-electron chi connectivity index (χ4n) is 2.95. The van der Waals surface area contributed by atoms with Crippen LogP contribution in [0.25, 0.3) is 0 Å². The van der Waals surface area contributed by atoms with E-state index < -0.39 is 6.10 Å². The van der Waals surface area contributed by atoms with Gasteiger partial charge in [-0.2, -0.15) is 0 Å². The molecule has 1 aliphatic carbocycles. The Hall–Kier alpha value is -2.52. The number of benzene rings is 2. The minimum Gasteiger partial charge on any atom is -0.508 e. The van der Waals surface area contributed by atoms with E-state index in [-0.39, 0.29) is 23.3 Å². The Balaban J connectivity index is 2.07. The van der Waals surface area contributed by atoms with Crippen LogP contribution in [0.3, 0.4) is 0 Å². The van der Waals surface area contributed by atoms with Gasteiger partial charge in [0.25, 0.3) is 0 Å². The molecular formula is C20H20O3. The van der Waals surface area contributed by atoms with Gasteiger partial charge in [0.2, 0.25) is 0 Å². The van der Waals surface area contributed by atoms with Gasteiger partial charge in [0.05, 0.1) is 6.10 Å². The van der Waals surface area contributed by atoms with E-state index in [4.69, 9.17) is 0 Å². The van der Waals surface area contributed by atoms with Gasteiger partial charge in [-0.05, 0) is 41.0 Å². The summed E-state index contributed by atoms with van der Waals surface area (Å²) in [6.45, 7) is 1.98. The van der Waals surface area contributed by atoms with E-state index in [1.807, 2.05) is 43.3 Å². The first-order chi connectivity index (χ1) is 11.0. The molecule has 3 N–H and O–H groups in total. The highest BCUT2D eigenvalue weighted by Gasteiger charge is 2.22. The summed E-state index contributed by atoms with van der Waals surface area (Å²) in [7, 11) is 0. The van der Waals surface area contributed by atoms with E-state index in [1.54, 1.807) is 24.3 Å². The van der Waals surface area contributed by atoms with E-state index in [1.165, 1.54) is 0 Å². The Morgan fingerprint density at radius 1 is 0.826 bits per heavy atom. The molecule has 0 fully saturated rings. The molecule has 0 saturated carbocycles. The van der Waals surface area contributed by atoms with E-state index >= 15 is 0 Å². The Kier molecular flexibility index (Phi) is 4.22. The summed E-state index contributed by atoms with van der Waals surface area (Å²) in [4.78, 5) is 0. The van der Waals surface area contributed by atoms with Crippen LogP contribution in [0.4, 0.5) is 0 Å². The molecule has 2 unspecified atom stereocenters. The Labute approximate surface area is 135 Å². The maximum absolute atomic E-state index is 9.89. The summed E-state index contributed by atoms with van der Waals surface area (Å²) in [6.07, 6.45) is 5.39. The summed E-state index contributed by atoms with van der Waals surface area (Å²) in [6, 6.07) is 14.3. The quantitative estimate of drug-likeness (QED) is 0.810. The molecule has 2 aromatic carbocycles. The third-order valence-electron chi connectivity index (χ3n) is 4.27. The fourth-order valence-corrected chi connectivity index (χ4v) is 2.95. The Morgan fingerprint density at radius 3 is 1.74 bits per heavy atom. The number of aliphatic hydroxyl groups is 1. The number of aliphatic hydroxyl groups excluding tert-OH is 1. The summed E-state index contributed by atoms with van der Waals surface area (Å²) in [5.74, 6) is 0.499. The number of hydrogen-bond donors (Lipinski definition) is 3. The molecule has 2 atom stereocenters. The lowest BCUT2D eigenvalue weighted by atomic mass is 9.80. The van der Waals surface area contributed by atoms with E-state index in [0.29, 0.717) is 0 Å². The molecule has 0 spiro atoms. The molecule has 1 aliphatic rings. The highest BCUT2D eigenvalue weighted by Crippen LogP contribution is 2.36. The zero-order valence-corrected chi connectivity index (χ0v) is 12.9. The number of phenols is 2. The summed E-state index contributed by atoms with van der Waals surface area (Å²) in [5.41, 5.74) is 3.19. The van der Waals surface area contributed by atoms with E-state index in [0.717, 1.165) is 16.7 Å². The topological polar surface area (TPSA) is 60.7 Å². The lowest BCUT2D eigenvalue weighted by Crippen LogP contribution is -2.18. The number of aromatic hydroxyl groups is 2. The largest absolute Gasteiger partial charge is 0.508 e. The molecule has 3 nitrogen and oxygen atoms in total. The molecule has 2 aromatic rings. The third-order valence-corrected chi connectivity index (χ3v) is 4.27. The van der Waals surface area contributed by atoms with Crippen molar-refractivity contribution in [3.63, 3.8) is 0 Å². The first kappa shape index (κ1) is 15.4. The summed E-state index contributed by atoms with van der Waals surface area (Å²) in [5, 5.41) is 29.0. The van der Waals surface area contributed by atoms with Crippen molar-refractivity contribution >= 4 is 0 Å². The van der Waals surface area contributed by atoms with Gasteiger partial charge >= 0.3 is 0 Å². The number of phenolic OH excluding ortho intramolecular Hbond substituents is 2. The van der Waals surface area contributed by atoms with Gasteiger partial charge in [-0.15, -0.1) is 0 Å². The normalized spacial score (nSPS) is 20.6. The van der Waals surface area contributed by atoms with Crippen LogP contribution in [0.5, 0.6) is 11.5 Å². The summed E-state index contributed by atoms with van der Waals surface area (Å²) >= 11 is 0. The van der Waals surface area contributed by atoms with Crippen molar-refractivity contribution in [3.8, 4) is 11.5 Å². The first-order valence-electron chi connectivity index (χ1n) is 7.70. The van der Waals surface area contributed by atoms with Crippen molar-refractivity contribution in [2.45, 2.75) is 18.9 Å². The average Bonchev–Trinajstić information content (AvgIpc) is 2.55. The molecule has 23 heavy (non-hydrogen) atoms. The van der Waals surface area contributed by atoms with Crippen LogP contribution in [0, 0.1) is 5.92 Å². The van der Waals surface area contributed by atoms with Crippen molar-refractivity contribution in [3.05, 3.63) is 83.5 Å². The average molecular weight is 308 g/mol. The van der Waals surface area contributed by atoms with Crippen molar-refractivity contribution in [2.24, 2.45) is 5.92 Å². The molecule has 0 radical (unpaired) electrons. The molecule has 118 valence electrons. The predicted octanol–water partition coefficient (Wildman–Crippen LogP) is 3.72. The second-order valence-electron chi connectivity index (χ2n) is 5.99. The maximum Gasteiger partial charge on any atom is 0.115 e. The first-order valence-corrected chi connectivity index (χ1v) is 7.70. The van der Waals surface area contributed by atoms with Gasteiger partial charge in [-0.1, -0.05) is 49.4 Å². The van der Waals surface area contributed by atoms with Crippen LogP contribution < -0.4 is 0 Å². The molecule has 0 saturated heterocycles. The molecule has 3 heteroatoms. The number of hydrogen-bond acceptors (Lipinski definition) is 3. The number of rotatable bonds is 3. The van der Waals surface area contributed by atoms with Crippen molar-refractivity contribution < 1.29 is 15.3 Å². The van der Waals surface area contributed by atoms with Gasteiger partial charge in [-0.25, -0.2) is 0 Å². The second kappa shape index (κ2) is 6.31. The molecule has 0 amide bonds. The summed E-state index contributed by atoms with van der Waals surface area (Å²) < 4.78 is 0. The van der Waals surface area contributed by atoms with Crippen LogP contribution in [0.2, 0.25) is 0 Å². The Morgan fingerprint density at radius 2 is 1.30 bits per heavy atom. The molecule has 0 heterocycles. The van der Waals surface area contributed by atoms with Crippen LogP contribution in [-0.4, -0.2) is 21.4 Å². The van der Waals surface area contributed by atoms with Crippen LogP contribution in [-0.2, 0) is 0 Å². The molecule has 3 rings (SSSR count). The maximum atomic E-state index is 9.89. The number of allylic oxidation sites excluding steroid dienone is 2. The highest BCUT2D eigenvalue weighted by molar-refractivity contribution is 5.48. The van der Waals surface area contributed by atoms with Crippen LogP contribution >= 0.6 is 0 Å². The monoisotopic (exact) mass is 308 g/mol. The molecule has 0 aromatic heterocycles. The van der Waals surface area contributed by atoms with Gasteiger partial charge in [-0.3, -0.25) is 0 Å². The lowest BCUT2D eigenvalue weighted by molar-refractivity contribution is 0.183. The van der Waals surface area contributed by atoms with Gasteiger partial charge < -0.3 is 15.3 Å². The van der Waals surface area contributed by atoms with Crippen LogP contribution in [0.1, 0.15) is 24.0 Å². The minimum absolute atomic E-state index is 0.0117. The standard InChI is InChI=1S/C20H20O3/c1-13-12-16(6-11-19(13)23)20(14-2-7-17(21)8-3-14)15-4-9-18(22)10-5-15/h2-13,19-23H,1H3. The predicted molar refractivity (Wildman–Crippen MR) is 90.5 cm³/mol. The fraction of sp³-hybridized carbons (Fsp3) is 0.200. The second-order valence-corrected chi connectivity index (χ2v) is 5.99. The van der Waals surface area contributed by atoms with E-state index in [2.05, 4.69) is 6.08 Å². The van der Waals surface area contributed by atoms with Crippen molar-refractivity contribution in [1.82, 2.24) is 0 Å². The molecule has 0 aliphatic heterocycles. The van der Waals surface area contributed by atoms with Crippen molar-refractivity contribution in [2.75, 3.05) is 0 Å². The van der Waals surface area contributed by atoms with Gasteiger partial charge in [0.1, 0.15) is 11.5 Å². The minimum atomic E-state index is -0.459. The smallest absolute Gasteiger partial charge is 0.115 e. The van der Waals surface area contributed by atoms with Gasteiger partial charge in [0, 0.05) is 11.8 Å².